The van der Waals surface area contributed by atoms with Crippen LogP contribution in [-0.4, -0.2) is 24.8 Å². The molecule has 28 heavy (non-hydrogen) atoms. The van der Waals surface area contributed by atoms with E-state index in [1.807, 2.05) is 6.92 Å². The molecule has 152 valence electrons. The molecular weight excluding hydrogens is 366 g/mol. The van der Waals surface area contributed by atoms with Gasteiger partial charge in [0, 0.05) is 6.20 Å². The van der Waals surface area contributed by atoms with Gasteiger partial charge in [-0.2, -0.15) is 0 Å². The molecule has 0 radical (unpaired) electrons. The number of carbonyl (C=O) groups is 1. The molecule has 1 N–H and O–H groups in total. The molecule has 2 rings (SSSR count). The summed E-state index contributed by atoms with van der Waals surface area (Å²) in [6.07, 6.45) is -0.863. The number of nitrogens with zero attached hydrogens (tertiary/aromatic N) is 1. The van der Waals surface area contributed by atoms with Gasteiger partial charge in [0.05, 0.1) is 19.3 Å². The summed E-state index contributed by atoms with van der Waals surface area (Å²) in [4.78, 5) is 15.3. The number of benzene rings is 1. The van der Waals surface area contributed by atoms with Crippen molar-refractivity contribution in [2.75, 3.05) is 19.0 Å². The first-order chi connectivity index (χ1) is 13.3. The SMILES string of the molecule is COC(=O)Nc1cc(-c2ccc(OCC(C)CC(C)C)c(C(F)F)c2)ccn1. The van der Waals surface area contributed by atoms with Crippen molar-refractivity contribution in [3.05, 3.63) is 42.1 Å². The van der Waals surface area contributed by atoms with E-state index in [4.69, 9.17) is 4.74 Å². The topological polar surface area (TPSA) is 60.5 Å². The van der Waals surface area contributed by atoms with Crippen LogP contribution in [0.1, 0.15) is 39.2 Å². The lowest BCUT2D eigenvalue weighted by molar-refractivity contribution is 0.142. The van der Waals surface area contributed by atoms with Crippen molar-refractivity contribution in [3.63, 3.8) is 0 Å². The highest BCUT2D eigenvalue weighted by atomic mass is 19.3. The Hall–Kier alpha value is -2.70. The van der Waals surface area contributed by atoms with Gasteiger partial charge in [-0.15, -0.1) is 0 Å². The maximum Gasteiger partial charge on any atom is 0.412 e. The third-order valence-electron chi connectivity index (χ3n) is 4.15. The van der Waals surface area contributed by atoms with Crippen LogP contribution in [0.25, 0.3) is 11.1 Å². The molecule has 0 aliphatic rings. The zero-order valence-corrected chi connectivity index (χ0v) is 16.5. The Morgan fingerprint density at radius 3 is 2.50 bits per heavy atom. The molecule has 1 heterocycles. The summed E-state index contributed by atoms with van der Waals surface area (Å²) in [5.41, 5.74) is 1.06. The zero-order valence-electron chi connectivity index (χ0n) is 16.5. The molecule has 0 aliphatic carbocycles. The lowest BCUT2D eigenvalue weighted by Crippen LogP contribution is -2.12. The number of pyridine rings is 1. The molecule has 0 aliphatic heterocycles. The normalized spacial score (nSPS) is 12.1. The quantitative estimate of drug-likeness (QED) is 0.605. The van der Waals surface area contributed by atoms with E-state index in [1.165, 1.54) is 19.4 Å². The Morgan fingerprint density at radius 2 is 1.86 bits per heavy atom. The Bertz CT molecular complexity index is 797. The van der Waals surface area contributed by atoms with E-state index in [1.54, 1.807) is 24.3 Å². The number of methoxy groups -OCH3 is 1. The maximum absolute atomic E-state index is 13.6. The van der Waals surface area contributed by atoms with Crippen molar-refractivity contribution < 1.29 is 23.0 Å². The first-order valence-electron chi connectivity index (χ1n) is 9.16. The van der Waals surface area contributed by atoms with Gasteiger partial charge in [0.2, 0.25) is 0 Å². The minimum Gasteiger partial charge on any atom is -0.493 e. The molecule has 0 saturated carbocycles. The first kappa shape index (κ1) is 21.6. The van der Waals surface area contributed by atoms with Gasteiger partial charge in [-0.1, -0.05) is 26.8 Å². The highest BCUT2D eigenvalue weighted by Crippen LogP contribution is 2.34. The fourth-order valence-corrected chi connectivity index (χ4v) is 2.97. The van der Waals surface area contributed by atoms with Gasteiger partial charge in [-0.05, 0) is 53.6 Å². The van der Waals surface area contributed by atoms with Crippen LogP contribution in [0.5, 0.6) is 5.75 Å². The zero-order chi connectivity index (χ0) is 20.7. The summed E-state index contributed by atoms with van der Waals surface area (Å²) in [7, 11) is 1.24. The molecule has 2 aromatic rings. The molecular formula is C21H26F2N2O3. The van der Waals surface area contributed by atoms with Gasteiger partial charge in [0.25, 0.3) is 6.43 Å². The lowest BCUT2D eigenvalue weighted by Gasteiger charge is -2.17. The molecule has 1 amide bonds. The molecule has 0 bridgehead atoms. The summed E-state index contributed by atoms with van der Waals surface area (Å²) < 4.78 is 37.4. The highest BCUT2D eigenvalue weighted by molar-refractivity contribution is 5.84. The predicted molar refractivity (Wildman–Crippen MR) is 105 cm³/mol. The Balaban J connectivity index is 2.22. The second-order valence-electron chi connectivity index (χ2n) is 7.15. The predicted octanol–water partition coefficient (Wildman–Crippen LogP) is 5.93. The number of halogens is 2. The lowest BCUT2D eigenvalue weighted by atomic mass is 10.00. The second kappa shape index (κ2) is 10.0. The molecule has 1 aromatic heterocycles. The van der Waals surface area contributed by atoms with Crippen LogP contribution in [0.4, 0.5) is 19.4 Å². The van der Waals surface area contributed by atoms with E-state index in [0.29, 0.717) is 23.7 Å². The Morgan fingerprint density at radius 1 is 1.14 bits per heavy atom. The van der Waals surface area contributed by atoms with Crippen LogP contribution in [-0.2, 0) is 4.74 Å². The average Bonchev–Trinajstić information content (AvgIpc) is 2.65. The standard InChI is InChI=1S/C21H26F2N2O3/c1-13(2)9-14(3)12-28-18-6-5-15(10-17(18)20(22)23)16-7-8-24-19(11-16)25-21(26)27-4/h5-8,10-11,13-14,20H,9,12H2,1-4H3,(H,24,25,26). The Labute approximate surface area is 164 Å². The number of alkyl halides is 2. The summed E-state index contributed by atoms with van der Waals surface area (Å²) in [5.74, 6) is 1.26. The fraction of sp³-hybridized carbons (Fsp3) is 0.429. The summed E-state index contributed by atoms with van der Waals surface area (Å²) >= 11 is 0. The average molecular weight is 392 g/mol. The molecule has 1 aromatic carbocycles. The molecule has 1 atom stereocenters. The molecule has 0 fully saturated rings. The summed E-state index contributed by atoms with van der Waals surface area (Å²) in [5, 5.41) is 2.45. The first-order valence-corrected chi connectivity index (χ1v) is 9.16. The number of hydrogen-bond acceptors (Lipinski definition) is 4. The van der Waals surface area contributed by atoms with Crippen molar-refractivity contribution in [1.82, 2.24) is 4.98 Å². The number of ether oxygens (including phenoxy) is 2. The number of anilines is 1. The second-order valence-corrected chi connectivity index (χ2v) is 7.15. The van der Waals surface area contributed by atoms with Crippen molar-refractivity contribution in [2.45, 2.75) is 33.6 Å². The molecule has 7 heteroatoms. The van der Waals surface area contributed by atoms with Crippen LogP contribution in [0, 0.1) is 11.8 Å². The number of amides is 1. The number of aromatic nitrogens is 1. The Kier molecular flexibility index (Phi) is 7.72. The van der Waals surface area contributed by atoms with Crippen LogP contribution in [0.3, 0.4) is 0 Å². The van der Waals surface area contributed by atoms with Crippen LogP contribution < -0.4 is 10.1 Å². The summed E-state index contributed by atoms with van der Waals surface area (Å²) in [6, 6.07) is 7.95. The monoisotopic (exact) mass is 392 g/mol. The molecule has 1 unspecified atom stereocenters. The fourth-order valence-electron chi connectivity index (χ4n) is 2.97. The number of hydrogen-bond donors (Lipinski definition) is 1. The van der Waals surface area contributed by atoms with Gasteiger partial charge in [-0.25, -0.2) is 18.6 Å². The number of rotatable bonds is 8. The van der Waals surface area contributed by atoms with Crippen molar-refractivity contribution >= 4 is 11.9 Å². The van der Waals surface area contributed by atoms with Gasteiger partial charge < -0.3 is 9.47 Å². The van der Waals surface area contributed by atoms with E-state index in [9.17, 15) is 13.6 Å². The number of carbonyl (C=O) groups excluding carboxylic acids is 1. The van der Waals surface area contributed by atoms with E-state index >= 15 is 0 Å². The van der Waals surface area contributed by atoms with Gasteiger partial charge >= 0.3 is 6.09 Å². The highest BCUT2D eigenvalue weighted by Gasteiger charge is 2.17. The largest absolute Gasteiger partial charge is 0.493 e. The smallest absolute Gasteiger partial charge is 0.412 e. The van der Waals surface area contributed by atoms with Gasteiger partial charge in [0.15, 0.2) is 0 Å². The van der Waals surface area contributed by atoms with Crippen molar-refractivity contribution in [1.29, 1.82) is 0 Å². The number of nitrogens with one attached hydrogen (secondary N) is 1. The van der Waals surface area contributed by atoms with Crippen LogP contribution in [0.2, 0.25) is 0 Å². The van der Waals surface area contributed by atoms with Crippen molar-refractivity contribution in [3.8, 4) is 16.9 Å². The van der Waals surface area contributed by atoms with E-state index in [2.05, 4.69) is 28.9 Å². The molecule has 5 nitrogen and oxygen atoms in total. The van der Waals surface area contributed by atoms with Gasteiger partial charge in [0.1, 0.15) is 11.6 Å². The molecule has 0 spiro atoms. The maximum atomic E-state index is 13.6. The summed E-state index contributed by atoms with van der Waals surface area (Å²) in [6.45, 7) is 6.67. The van der Waals surface area contributed by atoms with Crippen LogP contribution >= 0.6 is 0 Å². The van der Waals surface area contributed by atoms with E-state index < -0.39 is 12.5 Å². The molecule has 0 saturated heterocycles. The minimum atomic E-state index is -2.66. The van der Waals surface area contributed by atoms with Crippen molar-refractivity contribution in [2.24, 2.45) is 11.8 Å². The van der Waals surface area contributed by atoms with Crippen LogP contribution in [0.15, 0.2) is 36.5 Å². The van der Waals surface area contributed by atoms with E-state index in [0.717, 1.165) is 6.42 Å². The van der Waals surface area contributed by atoms with E-state index in [-0.39, 0.29) is 23.0 Å². The third-order valence-corrected chi connectivity index (χ3v) is 4.15. The minimum absolute atomic E-state index is 0.159. The van der Waals surface area contributed by atoms with Gasteiger partial charge in [-0.3, -0.25) is 5.32 Å². The third kappa shape index (κ3) is 6.18.